The highest BCUT2D eigenvalue weighted by molar-refractivity contribution is 5.89. The molecule has 0 aliphatic carbocycles. The Morgan fingerprint density at radius 3 is 2.75 bits per heavy atom. The van der Waals surface area contributed by atoms with Gasteiger partial charge >= 0.3 is 0 Å². The zero-order valence-corrected chi connectivity index (χ0v) is 13.1. The van der Waals surface area contributed by atoms with Gasteiger partial charge in [0.1, 0.15) is 6.29 Å². The topological polar surface area (TPSA) is 54.9 Å². The van der Waals surface area contributed by atoms with Gasteiger partial charge in [-0.15, -0.1) is 0 Å². The van der Waals surface area contributed by atoms with Crippen LogP contribution in [0, 0.1) is 6.07 Å². The molecule has 4 heteroatoms. The minimum absolute atomic E-state index is 0.636. The van der Waals surface area contributed by atoms with Crippen LogP contribution in [0.2, 0.25) is 0 Å². The number of carbonyl (C=O) groups excluding carboxylic acids is 1. The molecule has 1 radical (unpaired) electrons. The van der Waals surface area contributed by atoms with Crippen LogP contribution < -0.4 is 5.32 Å². The second-order valence-electron chi connectivity index (χ2n) is 5.57. The molecule has 0 aliphatic heterocycles. The van der Waals surface area contributed by atoms with E-state index in [0.717, 1.165) is 45.0 Å². The van der Waals surface area contributed by atoms with Crippen molar-refractivity contribution in [2.24, 2.45) is 0 Å². The Bertz CT molecular complexity index is 1070. The molecule has 4 aromatic rings. The lowest BCUT2D eigenvalue weighted by Crippen LogP contribution is -1.91. The molecule has 0 unspecified atom stereocenters. The van der Waals surface area contributed by atoms with E-state index in [1.807, 2.05) is 43.6 Å². The lowest BCUT2D eigenvalue weighted by atomic mass is 10.1. The normalized spacial score (nSPS) is 10.9. The highest BCUT2D eigenvalue weighted by atomic mass is 16.1. The summed E-state index contributed by atoms with van der Waals surface area (Å²) >= 11 is 0. The van der Waals surface area contributed by atoms with Crippen molar-refractivity contribution in [3.63, 3.8) is 0 Å². The van der Waals surface area contributed by atoms with E-state index in [-0.39, 0.29) is 0 Å². The number of rotatable bonds is 3. The summed E-state index contributed by atoms with van der Waals surface area (Å²) in [6, 6.07) is 18.6. The second-order valence-corrected chi connectivity index (χ2v) is 5.57. The number of aldehydes is 1. The summed E-state index contributed by atoms with van der Waals surface area (Å²) < 4.78 is 0. The van der Waals surface area contributed by atoms with Crippen LogP contribution >= 0.6 is 0 Å². The van der Waals surface area contributed by atoms with Gasteiger partial charge in [-0.2, -0.15) is 0 Å². The molecule has 0 aliphatic rings. The number of carbonyl (C=O) groups is 1. The van der Waals surface area contributed by atoms with Crippen molar-refractivity contribution < 1.29 is 4.79 Å². The number of benzene rings is 2. The molecule has 4 rings (SSSR count). The first-order valence-electron chi connectivity index (χ1n) is 7.62. The molecule has 2 aromatic carbocycles. The van der Waals surface area contributed by atoms with Crippen molar-refractivity contribution in [1.29, 1.82) is 0 Å². The minimum atomic E-state index is 0.636. The van der Waals surface area contributed by atoms with Crippen LogP contribution in [-0.2, 0) is 0 Å². The first kappa shape index (κ1) is 14.3. The molecule has 0 saturated heterocycles. The van der Waals surface area contributed by atoms with Crippen molar-refractivity contribution in [1.82, 2.24) is 9.97 Å². The van der Waals surface area contributed by atoms with Crippen molar-refractivity contribution in [3.05, 3.63) is 66.4 Å². The summed E-state index contributed by atoms with van der Waals surface area (Å²) in [6.45, 7) is 0. The van der Waals surface area contributed by atoms with Gasteiger partial charge in [0.15, 0.2) is 0 Å². The smallest absolute Gasteiger partial charge is 0.150 e. The van der Waals surface area contributed by atoms with E-state index in [0.29, 0.717) is 5.56 Å². The Balaban J connectivity index is 1.83. The van der Waals surface area contributed by atoms with Crippen LogP contribution in [0.1, 0.15) is 10.4 Å². The van der Waals surface area contributed by atoms with E-state index in [2.05, 4.69) is 33.5 Å². The molecule has 2 aromatic heterocycles. The van der Waals surface area contributed by atoms with Crippen LogP contribution in [0.5, 0.6) is 0 Å². The van der Waals surface area contributed by atoms with Gasteiger partial charge in [-0.05, 0) is 48.5 Å². The summed E-state index contributed by atoms with van der Waals surface area (Å²) in [4.78, 5) is 20.0. The van der Waals surface area contributed by atoms with Gasteiger partial charge < -0.3 is 5.32 Å². The first-order chi connectivity index (χ1) is 11.8. The Hall–Kier alpha value is -3.27. The number of pyridine rings is 2. The molecule has 115 valence electrons. The molecular formula is C20H14N3O. The number of aromatic nitrogens is 2. The average Bonchev–Trinajstić information content (AvgIpc) is 2.66. The van der Waals surface area contributed by atoms with Crippen LogP contribution in [0.15, 0.2) is 54.7 Å². The molecule has 4 nitrogen and oxygen atoms in total. The number of nitrogens with zero attached hydrogens (tertiary/aromatic N) is 2. The maximum absolute atomic E-state index is 10.9. The molecule has 2 heterocycles. The lowest BCUT2D eigenvalue weighted by Gasteiger charge is -2.06. The molecule has 0 atom stereocenters. The summed E-state index contributed by atoms with van der Waals surface area (Å²) in [7, 11) is 1.89. The van der Waals surface area contributed by atoms with Gasteiger partial charge in [0.05, 0.1) is 16.7 Å². The lowest BCUT2D eigenvalue weighted by molar-refractivity contribution is 0.112. The summed E-state index contributed by atoms with van der Waals surface area (Å²) in [5.41, 5.74) is 5.10. The van der Waals surface area contributed by atoms with E-state index in [9.17, 15) is 4.79 Å². The molecule has 0 fully saturated rings. The SMILES string of the molecule is CNc1ccc2ncc(-c3[c]cc4cc(C=O)ccc4n3)cc2c1. The quantitative estimate of drug-likeness (QED) is 0.579. The highest BCUT2D eigenvalue weighted by Crippen LogP contribution is 2.25. The van der Waals surface area contributed by atoms with Gasteiger partial charge in [0.2, 0.25) is 0 Å². The maximum Gasteiger partial charge on any atom is 0.150 e. The van der Waals surface area contributed by atoms with Gasteiger partial charge in [0, 0.05) is 46.9 Å². The van der Waals surface area contributed by atoms with Gasteiger partial charge in [-0.1, -0.05) is 0 Å². The molecule has 0 spiro atoms. The summed E-state index contributed by atoms with van der Waals surface area (Å²) in [5.74, 6) is 0. The van der Waals surface area contributed by atoms with Gasteiger partial charge in [-0.3, -0.25) is 9.78 Å². The Labute approximate surface area is 139 Å². The molecule has 24 heavy (non-hydrogen) atoms. The van der Waals surface area contributed by atoms with E-state index in [1.165, 1.54) is 0 Å². The fourth-order valence-corrected chi connectivity index (χ4v) is 2.73. The summed E-state index contributed by atoms with van der Waals surface area (Å²) in [6.07, 6.45) is 2.64. The second kappa shape index (κ2) is 5.74. The molecule has 0 bridgehead atoms. The average molecular weight is 312 g/mol. The third-order valence-electron chi connectivity index (χ3n) is 4.03. The monoisotopic (exact) mass is 312 g/mol. The van der Waals surface area contributed by atoms with E-state index in [1.54, 1.807) is 6.07 Å². The fourth-order valence-electron chi connectivity index (χ4n) is 2.73. The predicted octanol–water partition coefficient (Wildman–Crippen LogP) is 4.10. The van der Waals surface area contributed by atoms with Crippen molar-refractivity contribution in [2.45, 2.75) is 0 Å². The number of fused-ring (bicyclic) bond motifs is 2. The van der Waals surface area contributed by atoms with Crippen molar-refractivity contribution in [2.75, 3.05) is 12.4 Å². The number of hydrogen-bond donors (Lipinski definition) is 1. The zero-order chi connectivity index (χ0) is 16.5. The Kier molecular flexibility index (Phi) is 3.43. The van der Waals surface area contributed by atoms with Crippen molar-refractivity contribution in [3.8, 4) is 11.3 Å². The van der Waals surface area contributed by atoms with E-state index >= 15 is 0 Å². The van der Waals surface area contributed by atoms with E-state index < -0.39 is 0 Å². The van der Waals surface area contributed by atoms with Crippen LogP contribution in [0.4, 0.5) is 5.69 Å². The number of hydrogen-bond acceptors (Lipinski definition) is 4. The van der Waals surface area contributed by atoms with Gasteiger partial charge in [-0.25, -0.2) is 4.98 Å². The van der Waals surface area contributed by atoms with Crippen molar-refractivity contribution >= 4 is 33.8 Å². The van der Waals surface area contributed by atoms with Crippen LogP contribution in [0.25, 0.3) is 33.1 Å². The minimum Gasteiger partial charge on any atom is -0.388 e. The molecule has 1 N–H and O–H groups in total. The number of anilines is 1. The molecular weight excluding hydrogens is 298 g/mol. The fraction of sp³-hybridized carbons (Fsp3) is 0.0500. The zero-order valence-electron chi connectivity index (χ0n) is 13.1. The van der Waals surface area contributed by atoms with Crippen LogP contribution in [0.3, 0.4) is 0 Å². The Morgan fingerprint density at radius 2 is 1.92 bits per heavy atom. The number of nitrogens with one attached hydrogen (secondary N) is 1. The third-order valence-corrected chi connectivity index (χ3v) is 4.03. The largest absolute Gasteiger partial charge is 0.388 e. The molecule has 0 amide bonds. The first-order valence-corrected chi connectivity index (χ1v) is 7.62. The highest BCUT2D eigenvalue weighted by Gasteiger charge is 2.05. The Morgan fingerprint density at radius 1 is 1.04 bits per heavy atom. The third kappa shape index (κ3) is 2.48. The van der Waals surface area contributed by atoms with E-state index in [4.69, 9.17) is 0 Å². The molecule has 0 saturated carbocycles. The standard InChI is InChI=1S/C20H14N3O/c1-21-17-4-7-18-15(10-17)9-16(11-22-18)20-6-3-14-8-13(12-24)2-5-19(14)23-20/h2-5,7-12,21H,1H3. The van der Waals surface area contributed by atoms with Gasteiger partial charge in [0.25, 0.3) is 0 Å². The predicted molar refractivity (Wildman–Crippen MR) is 96.3 cm³/mol. The van der Waals surface area contributed by atoms with Crippen LogP contribution in [-0.4, -0.2) is 23.3 Å². The maximum atomic E-state index is 10.9. The summed E-state index contributed by atoms with van der Waals surface area (Å²) in [5, 5.41) is 5.08.